The number of halogens is 2. The lowest BCUT2D eigenvalue weighted by atomic mass is 10.00. The van der Waals surface area contributed by atoms with E-state index in [0.29, 0.717) is 35.8 Å². The lowest BCUT2D eigenvalue weighted by Crippen LogP contribution is -2.57. The van der Waals surface area contributed by atoms with Crippen molar-refractivity contribution in [3.05, 3.63) is 83.2 Å². The average molecular weight is 685 g/mol. The van der Waals surface area contributed by atoms with Crippen LogP contribution in [-0.4, -0.2) is 86.1 Å². The summed E-state index contributed by atoms with van der Waals surface area (Å²) < 4.78 is 38.3. The van der Waals surface area contributed by atoms with E-state index in [0.717, 1.165) is 11.6 Å². The van der Waals surface area contributed by atoms with Crippen molar-refractivity contribution in [1.29, 1.82) is 0 Å². The minimum Gasteiger partial charge on any atom is -0.493 e. The molecule has 11 nitrogen and oxygen atoms in total. The lowest BCUT2D eigenvalue weighted by Gasteiger charge is -2.39. The number of carbonyl (C=O) groups excluding carboxylic acids is 3. The first-order valence-electron chi connectivity index (χ1n) is 15.7. The largest absolute Gasteiger partial charge is 0.493 e. The number of benzene rings is 3. The topological polar surface area (TPSA) is 133 Å². The van der Waals surface area contributed by atoms with Crippen LogP contribution < -0.4 is 25.3 Å². The third-order valence-corrected chi connectivity index (χ3v) is 7.78. The lowest BCUT2D eigenvalue weighted by molar-refractivity contribution is -0.124. The summed E-state index contributed by atoms with van der Waals surface area (Å²) in [6.07, 6.45) is -0.235. The van der Waals surface area contributed by atoms with E-state index in [1.807, 2.05) is 32.0 Å². The van der Waals surface area contributed by atoms with Crippen LogP contribution >= 0.6 is 12.4 Å². The Balaban J connectivity index is 0.00000520. The van der Waals surface area contributed by atoms with E-state index in [1.165, 1.54) is 17.0 Å². The first-order valence-corrected chi connectivity index (χ1v) is 15.7. The van der Waals surface area contributed by atoms with Crippen LogP contribution in [0.3, 0.4) is 0 Å². The second-order valence-corrected chi connectivity index (χ2v) is 12.1. The van der Waals surface area contributed by atoms with Gasteiger partial charge < -0.3 is 39.8 Å². The van der Waals surface area contributed by atoms with E-state index in [-0.39, 0.29) is 80.8 Å². The molecule has 48 heavy (non-hydrogen) atoms. The number of nitrogens with two attached hydrogens (primary N) is 1. The Morgan fingerprint density at radius 2 is 1.90 bits per heavy atom. The van der Waals surface area contributed by atoms with Gasteiger partial charge in [-0.15, -0.1) is 12.4 Å². The third kappa shape index (κ3) is 9.36. The fourth-order valence-electron chi connectivity index (χ4n) is 5.47. The summed E-state index contributed by atoms with van der Waals surface area (Å²) in [4.78, 5) is 43.3. The van der Waals surface area contributed by atoms with Crippen molar-refractivity contribution < 1.29 is 37.7 Å². The van der Waals surface area contributed by atoms with Crippen LogP contribution in [0.4, 0.5) is 4.39 Å². The standard InChI is InChI=1S/C35H41FN4O7.ClH/c1-22(2)20-45-27-14-24-15-28(17-27)47-26-6-4-5-23(13-26)21-46-32-18-40(11-9-30(32)38-33(41)19-39(3)34(24)42)35(43)29-16-25(36)7-8-31(29)44-12-10-37;/h4-8,13-17,22,30,32H,9-12,18-21,37H2,1-3H3,(H,38,41);1H/t30-,32-;/m0./s1. The van der Waals surface area contributed by atoms with Crippen LogP contribution in [0.15, 0.2) is 60.7 Å². The zero-order valence-electron chi connectivity index (χ0n) is 27.3. The average Bonchev–Trinajstić information content (AvgIpc) is 3.05. The number of rotatable bonds is 7. The van der Waals surface area contributed by atoms with Gasteiger partial charge in [0.25, 0.3) is 11.8 Å². The number of likely N-dealkylation sites (tertiary alicyclic amines) is 1. The molecule has 2 atom stereocenters. The van der Waals surface area contributed by atoms with Gasteiger partial charge in [-0.25, -0.2) is 4.39 Å². The minimum atomic E-state index is -0.606. The van der Waals surface area contributed by atoms with Gasteiger partial charge in [0.1, 0.15) is 35.4 Å². The molecule has 3 aromatic carbocycles. The van der Waals surface area contributed by atoms with E-state index >= 15 is 0 Å². The van der Waals surface area contributed by atoms with Crippen molar-refractivity contribution in [2.75, 3.05) is 46.4 Å². The van der Waals surface area contributed by atoms with Gasteiger partial charge in [-0.2, -0.15) is 0 Å². The maximum absolute atomic E-state index is 14.2. The Morgan fingerprint density at radius 3 is 2.67 bits per heavy atom. The van der Waals surface area contributed by atoms with Gasteiger partial charge in [0.15, 0.2) is 0 Å². The van der Waals surface area contributed by atoms with Gasteiger partial charge in [0, 0.05) is 38.3 Å². The Morgan fingerprint density at radius 1 is 1.08 bits per heavy atom. The molecular formula is C35H42ClFN4O7. The minimum absolute atomic E-state index is 0. The molecule has 1 saturated heterocycles. The summed E-state index contributed by atoms with van der Waals surface area (Å²) in [5.41, 5.74) is 6.77. The molecule has 3 aromatic rings. The first-order chi connectivity index (χ1) is 22.6. The van der Waals surface area contributed by atoms with E-state index in [4.69, 9.17) is 24.7 Å². The second kappa shape index (κ2) is 16.6. The van der Waals surface area contributed by atoms with Gasteiger partial charge in [-0.3, -0.25) is 14.4 Å². The predicted octanol–water partition coefficient (Wildman–Crippen LogP) is 4.41. The molecule has 0 aliphatic carbocycles. The van der Waals surface area contributed by atoms with Crippen molar-refractivity contribution in [1.82, 2.24) is 15.1 Å². The van der Waals surface area contributed by atoms with Crippen molar-refractivity contribution in [3.8, 4) is 23.0 Å². The normalized spacial score (nSPS) is 18.3. The Labute approximate surface area is 285 Å². The predicted molar refractivity (Wildman–Crippen MR) is 179 cm³/mol. The number of likely N-dealkylation sites (N-methyl/N-ethyl adjacent to an activating group) is 1. The van der Waals surface area contributed by atoms with Gasteiger partial charge in [0.2, 0.25) is 5.91 Å². The summed E-state index contributed by atoms with van der Waals surface area (Å²) in [5.74, 6) is 0.200. The highest BCUT2D eigenvalue weighted by molar-refractivity contribution is 5.98. The maximum atomic E-state index is 14.2. The van der Waals surface area contributed by atoms with Crippen molar-refractivity contribution in [2.24, 2.45) is 11.7 Å². The van der Waals surface area contributed by atoms with Crippen molar-refractivity contribution >= 4 is 30.1 Å². The van der Waals surface area contributed by atoms with Crippen LogP contribution in [0.2, 0.25) is 0 Å². The summed E-state index contributed by atoms with van der Waals surface area (Å²) in [6.45, 7) is 5.29. The molecule has 0 spiro atoms. The van der Waals surface area contributed by atoms with Crippen LogP contribution in [0.1, 0.15) is 46.5 Å². The Kier molecular flexibility index (Phi) is 12.6. The molecular weight excluding hydrogens is 643 g/mol. The summed E-state index contributed by atoms with van der Waals surface area (Å²) in [7, 11) is 1.55. The molecule has 2 heterocycles. The van der Waals surface area contributed by atoms with E-state index in [9.17, 15) is 18.8 Å². The van der Waals surface area contributed by atoms with Gasteiger partial charge in [0.05, 0.1) is 37.5 Å². The molecule has 2 aliphatic rings. The number of carbonyl (C=O) groups is 3. The number of hydrogen-bond donors (Lipinski definition) is 2. The van der Waals surface area contributed by atoms with Gasteiger partial charge in [-0.05, 0) is 60.4 Å². The summed E-state index contributed by atoms with van der Waals surface area (Å²) in [5, 5.41) is 3.01. The van der Waals surface area contributed by atoms with Crippen LogP contribution in [-0.2, 0) is 16.1 Å². The summed E-state index contributed by atoms with van der Waals surface area (Å²) in [6, 6.07) is 15.7. The van der Waals surface area contributed by atoms with Gasteiger partial charge >= 0.3 is 0 Å². The maximum Gasteiger partial charge on any atom is 0.257 e. The van der Waals surface area contributed by atoms with Crippen molar-refractivity contribution in [3.63, 3.8) is 0 Å². The number of nitrogens with one attached hydrogen (secondary N) is 1. The number of ether oxygens (including phenoxy) is 4. The molecule has 0 saturated carbocycles. The Bertz CT molecular complexity index is 1610. The molecule has 0 unspecified atom stereocenters. The Hall–Kier alpha value is -4.39. The fourth-order valence-corrected chi connectivity index (χ4v) is 5.47. The first kappa shape index (κ1) is 36.4. The van der Waals surface area contributed by atoms with Crippen LogP contribution in [0.5, 0.6) is 23.0 Å². The van der Waals surface area contributed by atoms with E-state index in [2.05, 4.69) is 5.32 Å². The van der Waals surface area contributed by atoms with E-state index in [1.54, 1.807) is 36.2 Å². The molecule has 3 N–H and O–H groups in total. The van der Waals surface area contributed by atoms with E-state index < -0.39 is 23.9 Å². The number of fused-ring (bicyclic) bond motifs is 5. The number of amides is 3. The van der Waals surface area contributed by atoms with Crippen LogP contribution in [0, 0.1) is 11.7 Å². The summed E-state index contributed by atoms with van der Waals surface area (Å²) >= 11 is 0. The van der Waals surface area contributed by atoms with Crippen molar-refractivity contribution in [2.45, 2.75) is 39.0 Å². The molecule has 4 bridgehead atoms. The molecule has 2 aliphatic heterocycles. The molecule has 0 aromatic heterocycles. The molecule has 0 radical (unpaired) electrons. The molecule has 1 fully saturated rings. The van der Waals surface area contributed by atoms with Crippen LogP contribution in [0.25, 0.3) is 0 Å². The highest BCUT2D eigenvalue weighted by Crippen LogP contribution is 2.30. The highest BCUT2D eigenvalue weighted by atomic mass is 35.5. The SMILES string of the molecule is CC(C)COc1cc2cc(c1)C(=O)N(C)CC(=O)N[C@H]1CCN(C(=O)c3cc(F)ccc3OCCN)C[C@@H]1OCc1cccc(c1)O2.Cl. The molecule has 3 amide bonds. The highest BCUT2D eigenvalue weighted by Gasteiger charge is 2.35. The number of nitrogens with zero attached hydrogens (tertiary/aromatic N) is 2. The zero-order chi connectivity index (χ0) is 33.5. The van der Waals surface area contributed by atoms with Gasteiger partial charge in [-0.1, -0.05) is 26.0 Å². The number of piperidine rings is 1. The second-order valence-electron chi connectivity index (χ2n) is 12.1. The smallest absolute Gasteiger partial charge is 0.257 e. The third-order valence-electron chi connectivity index (χ3n) is 7.78. The molecule has 258 valence electrons. The number of hydrogen-bond acceptors (Lipinski definition) is 8. The molecule has 5 rings (SSSR count). The quantitative estimate of drug-likeness (QED) is 0.374. The fraction of sp³-hybridized carbons (Fsp3) is 0.400. The molecule has 13 heteroatoms. The zero-order valence-corrected chi connectivity index (χ0v) is 28.1. The monoisotopic (exact) mass is 684 g/mol.